The zero-order chi connectivity index (χ0) is 17.2. The van der Waals surface area contributed by atoms with Crippen molar-refractivity contribution in [1.82, 2.24) is 10.6 Å². The zero-order valence-corrected chi connectivity index (χ0v) is 14.0. The number of carbonyl (C=O) groups excluding carboxylic acids is 1. The van der Waals surface area contributed by atoms with Crippen molar-refractivity contribution >= 4 is 15.9 Å². The Bertz CT molecular complexity index is 687. The first-order chi connectivity index (χ1) is 11.4. The van der Waals surface area contributed by atoms with Gasteiger partial charge in [-0.05, 0) is 37.0 Å². The van der Waals surface area contributed by atoms with Crippen molar-refractivity contribution in [3.05, 3.63) is 35.6 Å². The second-order valence-corrected chi connectivity index (χ2v) is 8.53. The van der Waals surface area contributed by atoms with E-state index in [1.54, 1.807) is 12.1 Å². The Kier molecular flexibility index (Phi) is 5.05. The number of hydrogen-bond donors (Lipinski definition) is 2. The lowest BCUT2D eigenvalue weighted by atomic mass is 9.99. The third kappa shape index (κ3) is 4.24. The van der Waals surface area contributed by atoms with Crippen LogP contribution in [0.2, 0.25) is 0 Å². The summed E-state index contributed by atoms with van der Waals surface area (Å²) in [5.41, 5.74) is 0.762. The maximum atomic E-state index is 13.1. The fourth-order valence-corrected chi connectivity index (χ4v) is 4.88. The summed E-state index contributed by atoms with van der Waals surface area (Å²) < 4.78 is 41.8. The maximum absolute atomic E-state index is 13.1. The van der Waals surface area contributed by atoms with E-state index >= 15 is 0 Å². The van der Waals surface area contributed by atoms with Gasteiger partial charge in [-0.25, -0.2) is 17.6 Å². The van der Waals surface area contributed by atoms with E-state index in [2.05, 4.69) is 10.6 Å². The number of ether oxygens (including phenoxy) is 1. The summed E-state index contributed by atoms with van der Waals surface area (Å²) >= 11 is 0. The Balaban J connectivity index is 1.67. The third-order valence-electron chi connectivity index (χ3n) is 4.42. The molecule has 2 aliphatic heterocycles. The Labute approximate surface area is 140 Å². The quantitative estimate of drug-likeness (QED) is 0.857. The van der Waals surface area contributed by atoms with Crippen LogP contribution in [-0.4, -0.2) is 44.7 Å². The van der Waals surface area contributed by atoms with Gasteiger partial charge in [-0.3, -0.25) is 0 Å². The third-order valence-corrected chi connectivity index (χ3v) is 6.19. The molecular formula is C16H21FN2O4S. The standard InChI is InChI=1S/C16H21FN2O4S/c17-12-5-3-11(4-6-12)15(14-2-1-8-23-14)19-16(20)18-13-7-9-24(21,22)10-13/h3-6,13-15H,1-2,7-10H2,(H2,18,19,20)/t13-,14+,15+/m1/s1. The molecule has 0 aliphatic carbocycles. The van der Waals surface area contributed by atoms with Crippen LogP contribution in [0.4, 0.5) is 9.18 Å². The number of halogens is 1. The minimum Gasteiger partial charge on any atom is -0.376 e. The molecule has 2 heterocycles. The smallest absolute Gasteiger partial charge is 0.315 e. The average molecular weight is 356 g/mol. The Morgan fingerprint density at radius 3 is 2.58 bits per heavy atom. The minimum absolute atomic E-state index is 0.0262. The number of carbonyl (C=O) groups is 1. The van der Waals surface area contributed by atoms with E-state index in [4.69, 9.17) is 4.74 Å². The molecule has 0 saturated carbocycles. The molecule has 132 valence electrons. The number of rotatable bonds is 4. The lowest BCUT2D eigenvalue weighted by Gasteiger charge is -2.25. The topological polar surface area (TPSA) is 84.5 Å². The molecule has 2 N–H and O–H groups in total. The number of sulfone groups is 1. The summed E-state index contributed by atoms with van der Waals surface area (Å²) in [6.45, 7) is 0.631. The molecule has 2 fully saturated rings. The summed E-state index contributed by atoms with van der Waals surface area (Å²) in [6.07, 6.45) is 1.97. The molecule has 0 bridgehead atoms. The molecule has 0 spiro atoms. The summed E-state index contributed by atoms with van der Waals surface area (Å²) in [5.74, 6) is -0.266. The monoisotopic (exact) mass is 356 g/mol. The van der Waals surface area contributed by atoms with E-state index in [0.717, 1.165) is 18.4 Å². The fraction of sp³-hybridized carbons (Fsp3) is 0.562. The largest absolute Gasteiger partial charge is 0.376 e. The Morgan fingerprint density at radius 2 is 2.00 bits per heavy atom. The van der Waals surface area contributed by atoms with Crippen molar-refractivity contribution in [1.29, 1.82) is 0 Å². The highest BCUT2D eigenvalue weighted by Gasteiger charge is 2.32. The summed E-state index contributed by atoms with van der Waals surface area (Å²) in [4.78, 5) is 12.3. The van der Waals surface area contributed by atoms with Crippen molar-refractivity contribution in [2.75, 3.05) is 18.1 Å². The van der Waals surface area contributed by atoms with Gasteiger partial charge < -0.3 is 15.4 Å². The van der Waals surface area contributed by atoms with Gasteiger partial charge in [0.25, 0.3) is 0 Å². The van der Waals surface area contributed by atoms with Gasteiger partial charge in [0.05, 0.1) is 23.7 Å². The first kappa shape index (κ1) is 17.2. The van der Waals surface area contributed by atoms with Crippen LogP contribution in [0.5, 0.6) is 0 Å². The van der Waals surface area contributed by atoms with Crippen molar-refractivity contribution in [2.24, 2.45) is 0 Å². The second kappa shape index (κ2) is 7.06. The molecule has 3 atom stereocenters. The maximum Gasteiger partial charge on any atom is 0.315 e. The number of nitrogens with one attached hydrogen (secondary N) is 2. The molecule has 1 aromatic carbocycles. The molecule has 2 saturated heterocycles. The van der Waals surface area contributed by atoms with E-state index in [-0.39, 0.29) is 29.5 Å². The van der Waals surface area contributed by atoms with Crippen LogP contribution in [0.25, 0.3) is 0 Å². The molecule has 3 rings (SSSR count). The molecule has 0 radical (unpaired) electrons. The van der Waals surface area contributed by atoms with Gasteiger partial charge in [0.15, 0.2) is 9.84 Å². The van der Waals surface area contributed by atoms with Crippen LogP contribution in [0.1, 0.15) is 30.9 Å². The fourth-order valence-electron chi connectivity index (χ4n) is 3.20. The predicted octanol–water partition coefficient (Wildman–Crippen LogP) is 1.53. The molecule has 6 nitrogen and oxygen atoms in total. The molecule has 2 amide bonds. The lowest BCUT2D eigenvalue weighted by Crippen LogP contribution is -2.46. The molecule has 0 unspecified atom stereocenters. The Hall–Kier alpha value is -1.67. The highest BCUT2D eigenvalue weighted by atomic mass is 32.2. The van der Waals surface area contributed by atoms with Gasteiger partial charge in [0.2, 0.25) is 0 Å². The summed E-state index contributed by atoms with van der Waals surface area (Å²) in [6, 6.07) is 4.76. The van der Waals surface area contributed by atoms with Gasteiger partial charge >= 0.3 is 6.03 Å². The van der Waals surface area contributed by atoms with Crippen molar-refractivity contribution in [2.45, 2.75) is 37.5 Å². The van der Waals surface area contributed by atoms with Crippen molar-refractivity contribution in [3.8, 4) is 0 Å². The van der Waals surface area contributed by atoms with Crippen LogP contribution < -0.4 is 10.6 Å². The highest BCUT2D eigenvalue weighted by Crippen LogP contribution is 2.27. The second-order valence-electron chi connectivity index (χ2n) is 6.30. The first-order valence-electron chi connectivity index (χ1n) is 8.07. The van der Waals surface area contributed by atoms with Crippen molar-refractivity contribution < 1.29 is 22.3 Å². The van der Waals surface area contributed by atoms with E-state index < -0.39 is 21.9 Å². The minimum atomic E-state index is -3.05. The molecule has 1 aromatic rings. The highest BCUT2D eigenvalue weighted by molar-refractivity contribution is 7.91. The van der Waals surface area contributed by atoms with E-state index in [1.165, 1.54) is 12.1 Å². The molecule has 0 aromatic heterocycles. The number of hydrogen-bond acceptors (Lipinski definition) is 4. The molecule has 24 heavy (non-hydrogen) atoms. The molecule has 2 aliphatic rings. The van der Waals surface area contributed by atoms with E-state index in [9.17, 15) is 17.6 Å². The van der Waals surface area contributed by atoms with Crippen LogP contribution >= 0.6 is 0 Å². The van der Waals surface area contributed by atoms with E-state index in [0.29, 0.717) is 13.0 Å². The Morgan fingerprint density at radius 1 is 1.25 bits per heavy atom. The summed E-state index contributed by atoms with van der Waals surface area (Å²) in [5, 5.41) is 5.57. The summed E-state index contributed by atoms with van der Waals surface area (Å²) in [7, 11) is -3.05. The number of benzene rings is 1. The van der Waals surface area contributed by atoms with E-state index in [1.807, 2.05) is 0 Å². The van der Waals surface area contributed by atoms with Crippen LogP contribution in [0, 0.1) is 5.82 Å². The lowest BCUT2D eigenvalue weighted by molar-refractivity contribution is 0.0806. The molecular weight excluding hydrogens is 335 g/mol. The average Bonchev–Trinajstić information content (AvgIpc) is 3.16. The van der Waals surface area contributed by atoms with Gasteiger partial charge in [-0.2, -0.15) is 0 Å². The normalized spacial score (nSPS) is 26.9. The van der Waals surface area contributed by atoms with Crippen LogP contribution in [0.15, 0.2) is 24.3 Å². The van der Waals surface area contributed by atoms with Gasteiger partial charge in [-0.15, -0.1) is 0 Å². The zero-order valence-electron chi connectivity index (χ0n) is 13.2. The first-order valence-corrected chi connectivity index (χ1v) is 9.90. The van der Waals surface area contributed by atoms with Crippen LogP contribution in [0.3, 0.4) is 0 Å². The molecule has 8 heteroatoms. The van der Waals surface area contributed by atoms with Crippen LogP contribution in [-0.2, 0) is 14.6 Å². The number of urea groups is 1. The SMILES string of the molecule is O=C(N[C@@H]1CCS(=O)(=O)C1)N[C@@H](c1ccc(F)cc1)[C@@H]1CCCO1. The van der Waals surface area contributed by atoms with Gasteiger partial charge in [-0.1, -0.05) is 12.1 Å². The predicted molar refractivity (Wildman–Crippen MR) is 86.8 cm³/mol. The van der Waals surface area contributed by atoms with Gasteiger partial charge in [0.1, 0.15) is 5.82 Å². The van der Waals surface area contributed by atoms with Gasteiger partial charge in [0, 0.05) is 12.6 Å². The van der Waals surface area contributed by atoms with Crippen molar-refractivity contribution in [3.63, 3.8) is 0 Å². The number of amides is 2.